The number of ether oxygens (including phenoxy) is 2. The number of halogens is 1. The molecule has 6 nitrogen and oxygen atoms in total. The molecule has 1 atom stereocenters. The van der Waals surface area contributed by atoms with Crippen LogP contribution in [0.3, 0.4) is 0 Å². The molecule has 0 aliphatic rings. The maximum Gasteiger partial charge on any atom is 0.411 e. The molecule has 1 rings (SSSR count). The van der Waals surface area contributed by atoms with Gasteiger partial charge in [-0.25, -0.2) is 9.59 Å². The molecule has 7 heteroatoms. The maximum atomic E-state index is 11.7. The fraction of sp³-hybridized carbons (Fsp3) is 0.467. The van der Waals surface area contributed by atoms with Gasteiger partial charge in [-0.15, -0.1) is 0 Å². The highest BCUT2D eigenvalue weighted by atomic mass is 35.5. The number of alkyl carbamates (subject to hydrolysis) is 1. The Bertz CT molecular complexity index is 479. The zero-order chi connectivity index (χ0) is 16.4. The van der Waals surface area contributed by atoms with Gasteiger partial charge in [-0.2, -0.15) is 0 Å². The molecule has 22 heavy (non-hydrogen) atoms. The van der Waals surface area contributed by atoms with Crippen LogP contribution in [-0.4, -0.2) is 31.4 Å². The Hall–Kier alpha value is -1.95. The second kappa shape index (κ2) is 9.89. The second-order valence-electron chi connectivity index (χ2n) is 4.62. The van der Waals surface area contributed by atoms with E-state index in [1.807, 2.05) is 13.8 Å². The third kappa shape index (κ3) is 7.17. The van der Waals surface area contributed by atoms with Crippen molar-refractivity contribution in [2.75, 3.05) is 18.5 Å². The molecule has 0 saturated carbocycles. The van der Waals surface area contributed by atoms with Crippen LogP contribution in [0.25, 0.3) is 0 Å². The van der Waals surface area contributed by atoms with Crippen molar-refractivity contribution in [2.24, 2.45) is 0 Å². The fourth-order valence-electron chi connectivity index (χ4n) is 1.53. The first-order valence-electron chi connectivity index (χ1n) is 7.17. The predicted molar refractivity (Wildman–Crippen MR) is 85.3 cm³/mol. The lowest BCUT2D eigenvalue weighted by molar-refractivity contribution is 0.124. The van der Waals surface area contributed by atoms with E-state index in [0.717, 1.165) is 6.42 Å². The van der Waals surface area contributed by atoms with Crippen LogP contribution in [0.15, 0.2) is 24.3 Å². The van der Waals surface area contributed by atoms with Gasteiger partial charge in [0.15, 0.2) is 0 Å². The van der Waals surface area contributed by atoms with Crippen molar-refractivity contribution in [3.8, 4) is 0 Å². The van der Waals surface area contributed by atoms with Crippen LogP contribution in [0.1, 0.15) is 26.7 Å². The van der Waals surface area contributed by atoms with Gasteiger partial charge in [0.2, 0.25) is 0 Å². The number of carbonyl (C=O) groups excluding carboxylic acids is 2. The van der Waals surface area contributed by atoms with Crippen molar-refractivity contribution in [3.63, 3.8) is 0 Å². The summed E-state index contributed by atoms with van der Waals surface area (Å²) in [5.41, 5.74) is 0.581. The van der Waals surface area contributed by atoms with Crippen molar-refractivity contribution >= 4 is 29.5 Å². The van der Waals surface area contributed by atoms with Crippen LogP contribution in [-0.2, 0) is 9.47 Å². The van der Waals surface area contributed by atoms with E-state index in [-0.39, 0.29) is 12.6 Å². The minimum Gasteiger partial charge on any atom is -0.450 e. The SMILES string of the molecule is CCCOC(=O)N[C@H](CC)COC(=O)Nc1ccc(Cl)cc1. The molecule has 0 aromatic heterocycles. The third-order valence-electron chi connectivity index (χ3n) is 2.76. The molecule has 1 aromatic carbocycles. The lowest BCUT2D eigenvalue weighted by Gasteiger charge is -2.17. The molecule has 0 spiro atoms. The van der Waals surface area contributed by atoms with Gasteiger partial charge >= 0.3 is 12.2 Å². The summed E-state index contributed by atoms with van der Waals surface area (Å²) in [6, 6.07) is 6.37. The molecule has 0 heterocycles. The van der Waals surface area contributed by atoms with E-state index < -0.39 is 12.2 Å². The lowest BCUT2D eigenvalue weighted by Crippen LogP contribution is -2.39. The minimum atomic E-state index is -0.593. The van der Waals surface area contributed by atoms with E-state index in [2.05, 4.69) is 10.6 Å². The number of nitrogens with one attached hydrogen (secondary N) is 2. The fourth-order valence-corrected chi connectivity index (χ4v) is 1.65. The van der Waals surface area contributed by atoms with Gasteiger partial charge in [0, 0.05) is 10.7 Å². The van der Waals surface area contributed by atoms with Crippen molar-refractivity contribution in [1.29, 1.82) is 0 Å². The summed E-state index contributed by atoms with van der Waals surface area (Å²) < 4.78 is 10.00. The molecule has 0 saturated heterocycles. The number of benzene rings is 1. The highest BCUT2D eigenvalue weighted by molar-refractivity contribution is 6.30. The number of rotatable bonds is 7. The summed E-state index contributed by atoms with van der Waals surface area (Å²) in [5, 5.41) is 5.80. The molecule has 0 aliphatic carbocycles. The highest BCUT2D eigenvalue weighted by Gasteiger charge is 2.13. The van der Waals surface area contributed by atoms with E-state index in [0.29, 0.717) is 23.7 Å². The Morgan fingerprint density at radius 2 is 1.82 bits per heavy atom. The Kier molecular flexibility index (Phi) is 8.14. The molecule has 0 unspecified atom stereocenters. The predicted octanol–water partition coefficient (Wildman–Crippen LogP) is 3.80. The Labute approximate surface area is 135 Å². The van der Waals surface area contributed by atoms with Gasteiger partial charge in [0.25, 0.3) is 0 Å². The van der Waals surface area contributed by atoms with Gasteiger partial charge in [-0.1, -0.05) is 25.4 Å². The molecular formula is C15H21ClN2O4. The van der Waals surface area contributed by atoms with Gasteiger partial charge < -0.3 is 14.8 Å². The van der Waals surface area contributed by atoms with E-state index in [9.17, 15) is 9.59 Å². The first kappa shape index (κ1) is 18.1. The molecule has 122 valence electrons. The van der Waals surface area contributed by atoms with Crippen LogP contribution >= 0.6 is 11.6 Å². The quantitative estimate of drug-likeness (QED) is 0.798. The van der Waals surface area contributed by atoms with E-state index in [4.69, 9.17) is 21.1 Å². The molecule has 2 N–H and O–H groups in total. The van der Waals surface area contributed by atoms with E-state index in [1.54, 1.807) is 24.3 Å². The Morgan fingerprint density at radius 1 is 1.14 bits per heavy atom. The van der Waals surface area contributed by atoms with E-state index in [1.165, 1.54) is 0 Å². The lowest BCUT2D eigenvalue weighted by atomic mass is 10.2. The standard InChI is InChI=1S/C15H21ClN2O4/c1-3-9-21-14(19)17-12(4-2)10-22-15(20)18-13-7-5-11(16)6-8-13/h5-8,12H,3-4,9-10H2,1-2H3,(H,17,19)(H,18,20)/t12-/m1/s1. The smallest absolute Gasteiger partial charge is 0.411 e. The first-order valence-corrected chi connectivity index (χ1v) is 7.55. The van der Waals surface area contributed by atoms with Crippen molar-refractivity contribution < 1.29 is 19.1 Å². The molecule has 0 bridgehead atoms. The maximum absolute atomic E-state index is 11.7. The van der Waals surface area contributed by atoms with Gasteiger partial charge in [0.05, 0.1) is 12.6 Å². The molecule has 0 fully saturated rings. The summed E-state index contributed by atoms with van der Waals surface area (Å²) in [6.07, 6.45) is 0.277. The molecular weight excluding hydrogens is 308 g/mol. The molecule has 1 aromatic rings. The van der Waals surface area contributed by atoms with Crippen LogP contribution in [0.4, 0.5) is 15.3 Å². The third-order valence-corrected chi connectivity index (χ3v) is 3.01. The van der Waals surface area contributed by atoms with Crippen LogP contribution in [0.5, 0.6) is 0 Å². The minimum absolute atomic E-state index is 0.0666. The highest BCUT2D eigenvalue weighted by Crippen LogP contribution is 2.13. The monoisotopic (exact) mass is 328 g/mol. The van der Waals surface area contributed by atoms with Crippen LogP contribution < -0.4 is 10.6 Å². The van der Waals surface area contributed by atoms with Crippen molar-refractivity contribution in [3.05, 3.63) is 29.3 Å². The Morgan fingerprint density at radius 3 is 2.41 bits per heavy atom. The van der Waals surface area contributed by atoms with Crippen LogP contribution in [0.2, 0.25) is 5.02 Å². The average Bonchev–Trinajstić information content (AvgIpc) is 2.51. The van der Waals surface area contributed by atoms with Gasteiger partial charge in [-0.05, 0) is 37.1 Å². The topological polar surface area (TPSA) is 76.7 Å². The number of amides is 2. The number of carbonyl (C=O) groups is 2. The normalized spacial score (nSPS) is 11.4. The zero-order valence-electron chi connectivity index (χ0n) is 12.7. The summed E-state index contributed by atoms with van der Waals surface area (Å²) in [5.74, 6) is 0. The molecule has 0 radical (unpaired) electrons. The van der Waals surface area contributed by atoms with Crippen molar-refractivity contribution in [1.82, 2.24) is 5.32 Å². The van der Waals surface area contributed by atoms with Gasteiger partial charge in [0.1, 0.15) is 6.61 Å². The molecule has 2 amide bonds. The Balaban J connectivity index is 2.34. The second-order valence-corrected chi connectivity index (χ2v) is 5.05. The number of anilines is 1. The van der Waals surface area contributed by atoms with E-state index >= 15 is 0 Å². The summed E-state index contributed by atoms with van der Waals surface area (Å²) >= 11 is 5.76. The molecule has 0 aliphatic heterocycles. The first-order chi connectivity index (χ1) is 10.5. The number of hydrogen-bond acceptors (Lipinski definition) is 4. The van der Waals surface area contributed by atoms with Crippen LogP contribution in [0, 0.1) is 0 Å². The zero-order valence-corrected chi connectivity index (χ0v) is 13.5. The van der Waals surface area contributed by atoms with Crippen molar-refractivity contribution in [2.45, 2.75) is 32.7 Å². The number of hydrogen-bond donors (Lipinski definition) is 2. The summed E-state index contributed by atoms with van der Waals surface area (Å²) in [6.45, 7) is 4.22. The largest absolute Gasteiger partial charge is 0.450 e. The van der Waals surface area contributed by atoms with Gasteiger partial charge in [-0.3, -0.25) is 5.32 Å². The summed E-state index contributed by atoms with van der Waals surface area (Å²) in [7, 11) is 0. The average molecular weight is 329 g/mol. The summed E-state index contributed by atoms with van der Waals surface area (Å²) in [4.78, 5) is 23.1.